The van der Waals surface area contributed by atoms with Gasteiger partial charge in [0, 0.05) is 19.3 Å². The minimum absolute atomic E-state index is 0.149. The van der Waals surface area contributed by atoms with Crippen molar-refractivity contribution >= 4 is 17.9 Å². The Hall–Kier alpha value is -4.71. The molecular formula is C57H86O6. The van der Waals surface area contributed by atoms with Gasteiger partial charge < -0.3 is 14.2 Å². The summed E-state index contributed by atoms with van der Waals surface area (Å²) in [7, 11) is 0. The number of allylic oxidation sites excluding steroid dienone is 24. The summed E-state index contributed by atoms with van der Waals surface area (Å²) in [4.78, 5) is 37.8. The van der Waals surface area contributed by atoms with E-state index in [-0.39, 0.29) is 50.4 Å². The molecule has 0 N–H and O–H groups in total. The van der Waals surface area contributed by atoms with E-state index in [4.69, 9.17) is 14.2 Å². The molecule has 0 rings (SSSR count). The van der Waals surface area contributed by atoms with Gasteiger partial charge >= 0.3 is 17.9 Å². The highest BCUT2D eigenvalue weighted by atomic mass is 16.6. The predicted octanol–water partition coefficient (Wildman–Crippen LogP) is 16.1. The third-order valence-corrected chi connectivity index (χ3v) is 9.45. The predicted molar refractivity (Wildman–Crippen MR) is 269 cm³/mol. The van der Waals surface area contributed by atoms with Crippen molar-refractivity contribution in [2.75, 3.05) is 13.2 Å². The second kappa shape index (κ2) is 49.9. The number of carbonyl (C=O) groups excluding carboxylic acids is 3. The van der Waals surface area contributed by atoms with Crippen LogP contribution in [0.3, 0.4) is 0 Å². The molecule has 1 unspecified atom stereocenters. The summed E-state index contributed by atoms with van der Waals surface area (Å²) in [5, 5.41) is 0. The molecule has 0 fully saturated rings. The molecule has 0 radical (unpaired) electrons. The Morgan fingerprint density at radius 3 is 1.30 bits per heavy atom. The Labute approximate surface area is 385 Å². The van der Waals surface area contributed by atoms with Crippen LogP contribution in [0.4, 0.5) is 0 Å². The Bertz CT molecular complexity index is 1460. The molecule has 0 aliphatic heterocycles. The number of hydrogen-bond acceptors (Lipinski definition) is 6. The summed E-state index contributed by atoms with van der Waals surface area (Å²) in [6.07, 6.45) is 71.3. The molecule has 0 aliphatic rings. The summed E-state index contributed by atoms with van der Waals surface area (Å²) in [5.41, 5.74) is 0. The lowest BCUT2D eigenvalue weighted by atomic mass is 10.1. The van der Waals surface area contributed by atoms with Gasteiger partial charge in [-0.05, 0) is 96.3 Å². The number of esters is 3. The summed E-state index contributed by atoms with van der Waals surface area (Å²) >= 11 is 0. The van der Waals surface area contributed by atoms with Crippen LogP contribution in [-0.4, -0.2) is 37.2 Å². The van der Waals surface area contributed by atoms with Crippen LogP contribution < -0.4 is 0 Å². The number of ether oxygens (including phenoxy) is 3. The van der Waals surface area contributed by atoms with Gasteiger partial charge in [-0.25, -0.2) is 0 Å². The first-order valence-electron chi connectivity index (χ1n) is 24.4. The third kappa shape index (κ3) is 48.2. The second-order valence-corrected chi connectivity index (χ2v) is 15.4. The monoisotopic (exact) mass is 867 g/mol. The molecule has 63 heavy (non-hydrogen) atoms. The van der Waals surface area contributed by atoms with Crippen LogP contribution in [0.25, 0.3) is 0 Å². The molecule has 0 aromatic rings. The van der Waals surface area contributed by atoms with E-state index in [0.29, 0.717) is 19.3 Å². The highest BCUT2D eigenvalue weighted by molar-refractivity contribution is 5.71. The molecule has 0 aromatic heterocycles. The van der Waals surface area contributed by atoms with Crippen molar-refractivity contribution < 1.29 is 28.6 Å². The summed E-state index contributed by atoms with van der Waals surface area (Å²) in [6.45, 7) is 6.20. The zero-order chi connectivity index (χ0) is 45.8. The van der Waals surface area contributed by atoms with Crippen molar-refractivity contribution in [3.05, 3.63) is 146 Å². The van der Waals surface area contributed by atoms with Crippen molar-refractivity contribution in [1.29, 1.82) is 0 Å². The van der Waals surface area contributed by atoms with Crippen molar-refractivity contribution in [2.24, 2.45) is 0 Å². The maximum Gasteiger partial charge on any atom is 0.306 e. The van der Waals surface area contributed by atoms with Crippen LogP contribution in [-0.2, 0) is 28.6 Å². The van der Waals surface area contributed by atoms with Gasteiger partial charge in [-0.3, -0.25) is 14.4 Å². The number of rotatable bonds is 41. The molecular weight excluding hydrogens is 781 g/mol. The van der Waals surface area contributed by atoms with Gasteiger partial charge in [0.1, 0.15) is 13.2 Å². The van der Waals surface area contributed by atoms with E-state index in [0.717, 1.165) is 77.0 Å². The molecule has 0 saturated carbocycles. The molecule has 350 valence electrons. The van der Waals surface area contributed by atoms with E-state index >= 15 is 0 Å². The van der Waals surface area contributed by atoms with Crippen LogP contribution in [0.1, 0.15) is 175 Å². The van der Waals surface area contributed by atoms with Crippen molar-refractivity contribution in [2.45, 2.75) is 181 Å². The number of hydrogen-bond donors (Lipinski definition) is 0. The van der Waals surface area contributed by atoms with Gasteiger partial charge in [-0.1, -0.05) is 205 Å². The van der Waals surface area contributed by atoms with Crippen LogP contribution in [0.5, 0.6) is 0 Å². The van der Waals surface area contributed by atoms with Crippen LogP contribution >= 0.6 is 0 Å². The van der Waals surface area contributed by atoms with Gasteiger partial charge in [0.2, 0.25) is 0 Å². The smallest absolute Gasteiger partial charge is 0.306 e. The summed E-state index contributed by atoms with van der Waals surface area (Å²) in [5.74, 6) is -1.13. The average molecular weight is 867 g/mol. The fourth-order valence-electron chi connectivity index (χ4n) is 5.84. The Morgan fingerprint density at radius 1 is 0.349 bits per heavy atom. The number of unbranched alkanes of at least 4 members (excludes halogenated alkanes) is 10. The molecule has 6 heteroatoms. The normalized spacial score (nSPS) is 13.4. The fraction of sp³-hybridized carbons (Fsp3) is 0.526. The van der Waals surface area contributed by atoms with E-state index in [9.17, 15) is 14.4 Å². The molecule has 0 aromatic carbocycles. The van der Waals surface area contributed by atoms with Gasteiger partial charge in [-0.2, -0.15) is 0 Å². The van der Waals surface area contributed by atoms with Crippen LogP contribution in [0.2, 0.25) is 0 Å². The van der Waals surface area contributed by atoms with Gasteiger partial charge in [0.25, 0.3) is 0 Å². The zero-order valence-electron chi connectivity index (χ0n) is 39.8. The molecule has 0 bridgehead atoms. The van der Waals surface area contributed by atoms with Crippen LogP contribution in [0.15, 0.2) is 146 Å². The lowest BCUT2D eigenvalue weighted by Crippen LogP contribution is -2.30. The maximum absolute atomic E-state index is 12.8. The van der Waals surface area contributed by atoms with Crippen molar-refractivity contribution in [3.8, 4) is 0 Å². The zero-order valence-corrected chi connectivity index (χ0v) is 39.8. The first-order chi connectivity index (χ1) is 31.0. The first-order valence-corrected chi connectivity index (χ1v) is 24.4. The number of carbonyl (C=O) groups is 3. The Balaban J connectivity index is 4.66. The molecule has 0 amide bonds. The van der Waals surface area contributed by atoms with Gasteiger partial charge in [0.15, 0.2) is 6.10 Å². The SMILES string of the molecule is CC/C=C/C=C/C=C/C=C/C=C/CCCCCC(=O)OC(COC(=O)CC/C=C/C/C=C/CCCCCCCC)COC(=O)CCC/C=C/C/C=C/C/C=C/C/C=C/C/C=C/CC. The van der Waals surface area contributed by atoms with E-state index in [1.807, 2.05) is 54.7 Å². The summed E-state index contributed by atoms with van der Waals surface area (Å²) in [6, 6.07) is 0. The fourth-order valence-corrected chi connectivity index (χ4v) is 5.84. The van der Waals surface area contributed by atoms with Gasteiger partial charge in [0.05, 0.1) is 0 Å². The topological polar surface area (TPSA) is 78.9 Å². The third-order valence-electron chi connectivity index (χ3n) is 9.45. The van der Waals surface area contributed by atoms with E-state index in [2.05, 4.69) is 112 Å². The molecule has 0 saturated heterocycles. The van der Waals surface area contributed by atoms with Crippen LogP contribution in [0, 0.1) is 0 Å². The Kier molecular flexibility index (Phi) is 46.2. The highest BCUT2D eigenvalue weighted by Crippen LogP contribution is 2.10. The van der Waals surface area contributed by atoms with E-state index < -0.39 is 6.10 Å². The van der Waals surface area contributed by atoms with Gasteiger partial charge in [-0.15, -0.1) is 0 Å². The average Bonchev–Trinajstić information content (AvgIpc) is 3.28. The second-order valence-electron chi connectivity index (χ2n) is 15.4. The van der Waals surface area contributed by atoms with E-state index in [1.54, 1.807) is 0 Å². The largest absolute Gasteiger partial charge is 0.462 e. The lowest BCUT2D eigenvalue weighted by Gasteiger charge is -2.18. The molecule has 6 nitrogen and oxygen atoms in total. The summed E-state index contributed by atoms with van der Waals surface area (Å²) < 4.78 is 16.6. The van der Waals surface area contributed by atoms with E-state index in [1.165, 1.54) is 38.5 Å². The quantitative estimate of drug-likeness (QED) is 0.0200. The molecule has 1 atom stereocenters. The Morgan fingerprint density at radius 2 is 0.746 bits per heavy atom. The lowest BCUT2D eigenvalue weighted by molar-refractivity contribution is -0.166. The minimum Gasteiger partial charge on any atom is -0.462 e. The minimum atomic E-state index is -0.851. The standard InChI is InChI=1S/C57H86O6/c1-4-7-10-13-16-19-22-25-27-28-30-32-35-38-41-44-47-50-56(59)62-53-54(52-61-55(58)49-46-43-40-37-34-31-24-21-18-15-12-9-6-3)63-57(60)51-48-45-42-39-36-33-29-26-23-20-17-14-11-8-5-2/h7-8,10-11,14,16-17,19-20,23,25-27,29-34,36,38,40-41,43,54H,4-6,9,12-13,15,18,21-22,24,28,35,37,39,42,44-53H2,1-3H3/b10-7+,11-8+,17-14+,19-16+,23-20+,27-25+,29-26+,32-30+,34-31+,36-33+,41-38+,43-40+. The maximum atomic E-state index is 12.8. The highest BCUT2D eigenvalue weighted by Gasteiger charge is 2.19. The molecule has 0 heterocycles. The van der Waals surface area contributed by atoms with Crippen molar-refractivity contribution in [3.63, 3.8) is 0 Å². The molecule has 0 spiro atoms. The molecule has 0 aliphatic carbocycles. The first kappa shape index (κ1) is 58.3. The van der Waals surface area contributed by atoms with Crippen molar-refractivity contribution in [1.82, 2.24) is 0 Å².